The van der Waals surface area contributed by atoms with E-state index in [9.17, 15) is 0 Å². The largest absolute Gasteiger partial charge is 0.393 e. The van der Waals surface area contributed by atoms with Crippen LogP contribution in [0, 0.1) is 0 Å². The molecule has 0 bridgehead atoms. The van der Waals surface area contributed by atoms with Gasteiger partial charge in [0.25, 0.3) is 0 Å². The molecule has 0 spiro atoms. The van der Waals surface area contributed by atoms with Crippen LogP contribution in [0.4, 0.5) is 0 Å². The van der Waals surface area contributed by atoms with Crippen molar-refractivity contribution in [2.75, 3.05) is 6.54 Å². The molecule has 0 aromatic carbocycles. The van der Waals surface area contributed by atoms with Gasteiger partial charge in [0, 0.05) is 12.6 Å². The zero-order chi connectivity index (χ0) is 11.1. The van der Waals surface area contributed by atoms with Gasteiger partial charge in [-0.2, -0.15) is 0 Å². The van der Waals surface area contributed by atoms with Gasteiger partial charge in [0.1, 0.15) is 0 Å². The van der Waals surface area contributed by atoms with Gasteiger partial charge in [0.15, 0.2) is 5.96 Å². The molecule has 88 valence electrons. The summed E-state index contributed by atoms with van der Waals surface area (Å²) in [5.74, 6) is 0.562. The van der Waals surface area contributed by atoms with E-state index in [4.69, 9.17) is 10.8 Å². The molecule has 4 nitrogen and oxygen atoms in total. The smallest absolute Gasteiger partial charge is 0.188 e. The van der Waals surface area contributed by atoms with Crippen LogP contribution >= 0.6 is 0 Å². The van der Waals surface area contributed by atoms with Gasteiger partial charge in [-0.25, -0.2) is 0 Å². The molecule has 15 heavy (non-hydrogen) atoms. The number of nitrogens with zero attached hydrogens (tertiary/aromatic N) is 1. The Bertz CT molecular complexity index is 198. The van der Waals surface area contributed by atoms with E-state index in [0.29, 0.717) is 18.5 Å². The highest BCUT2D eigenvalue weighted by Crippen LogP contribution is 2.17. The lowest BCUT2D eigenvalue weighted by molar-refractivity contribution is 0.182. The molecule has 0 aromatic rings. The Hall–Kier alpha value is -0.770. The van der Waals surface area contributed by atoms with E-state index >= 15 is 0 Å². The van der Waals surface area contributed by atoms with Gasteiger partial charge in [-0.1, -0.05) is 12.8 Å². The van der Waals surface area contributed by atoms with Crippen molar-refractivity contribution in [3.8, 4) is 0 Å². The molecule has 4 N–H and O–H groups in total. The van der Waals surface area contributed by atoms with E-state index in [2.05, 4.69) is 10.3 Å². The van der Waals surface area contributed by atoms with Crippen molar-refractivity contribution in [2.45, 2.75) is 57.6 Å². The van der Waals surface area contributed by atoms with Crippen LogP contribution in [0.25, 0.3) is 0 Å². The molecule has 4 heteroatoms. The third kappa shape index (κ3) is 5.62. The predicted octanol–water partition coefficient (Wildman–Crippen LogP) is 0.994. The van der Waals surface area contributed by atoms with E-state index in [1.54, 1.807) is 6.92 Å². The van der Waals surface area contributed by atoms with Gasteiger partial charge in [0.05, 0.1) is 6.10 Å². The SMILES string of the molecule is CC(O)CCCN=C(N)NC1CCCC1. The van der Waals surface area contributed by atoms with Gasteiger partial charge in [-0.15, -0.1) is 0 Å². The van der Waals surface area contributed by atoms with Crippen molar-refractivity contribution in [3.63, 3.8) is 0 Å². The van der Waals surface area contributed by atoms with Crippen molar-refractivity contribution < 1.29 is 5.11 Å². The number of aliphatic hydroxyl groups excluding tert-OH is 1. The van der Waals surface area contributed by atoms with Crippen LogP contribution in [-0.2, 0) is 0 Å². The van der Waals surface area contributed by atoms with Crippen molar-refractivity contribution >= 4 is 5.96 Å². The molecule has 0 radical (unpaired) electrons. The summed E-state index contributed by atoms with van der Waals surface area (Å²) in [6.45, 7) is 2.50. The zero-order valence-electron chi connectivity index (χ0n) is 9.58. The molecule has 0 amide bonds. The lowest BCUT2D eigenvalue weighted by Crippen LogP contribution is -2.38. The van der Waals surface area contributed by atoms with Crippen LogP contribution in [-0.4, -0.2) is 29.8 Å². The normalized spacial score (nSPS) is 20.5. The second-order valence-electron chi connectivity index (χ2n) is 4.38. The average molecular weight is 213 g/mol. The minimum absolute atomic E-state index is 0.232. The Balaban J connectivity index is 2.09. The standard InChI is InChI=1S/C11H23N3O/c1-9(15)5-4-8-13-11(12)14-10-6-2-3-7-10/h9-10,15H,2-8H2,1H3,(H3,12,13,14). The molecule has 0 saturated heterocycles. The summed E-state index contributed by atoms with van der Waals surface area (Å²) in [7, 11) is 0. The van der Waals surface area contributed by atoms with Crippen LogP contribution in [0.5, 0.6) is 0 Å². The summed E-state index contributed by atoms with van der Waals surface area (Å²) in [6, 6.07) is 0.533. The van der Waals surface area contributed by atoms with Gasteiger partial charge >= 0.3 is 0 Å². The van der Waals surface area contributed by atoms with Crippen molar-refractivity contribution in [1.82, 2.24) is 5.32 Å². The summed E-state index contributed by atoms with van der Waals surface area (Å²) < 4.78 is 0. The highest BCUT2D eigenvalue weighted by molar-refractivity contribution is 5.78. The molecule has 1 unspecified atom stereocenters. The van der Waals surface area contributed by atoms with Crippen molar-refractivity contribution in [2.24, 2.45) is 10.7 Å². The molecule has 1 saturated carbocycles. The number of nitrogens with two attached hydrogens (primary N) is 1. The molecule has 1 atom stereocenters. The van der Waals surface area contributed by atoms with E-state index in [0.717, 1.165) is 12.8 Å². The first kappa shape index (κ1) is 12.3. The quantitative estimate of drug-likeness (QED) is 0.362. The lowest BCUT2D eigenvalue weighted by atomic mass is 10.2. The molecule has 0 aromatic heterocycles. The topological polar surface area (TPSA) is 70.6 Å². The molecular formula is C11H23N3O. The Morgan fingerprint density at radius 2 is 2.20 bits per heavy atom. The van der Waals surface area contributed by atoms with Crippen molar-refractivity contribution in [3.05, 3.63) is 0 Å². The lowest BCUT2D eigenvalue weighted by Gasteiger charge is -2.12. The van der Waals surface area contributed by atoms with E-state index in [1.165, 1.54) is 25.7 Å². The minimum atomic E-state index is -0.232. The fraction of sp³-hybridized carbons (Fsp3) is 0.909. The van der Waals surface area contributed by atoms with Gasteiger partial charge in [-0.3, -0.25) is 4.99 Å². The number of aliphatic hydroxyl groups is 1. The molecule has 0 heterocycles. The number of guanidine groups is 1. The average Bonchev–Trinajstić information content (AvgIpc) is 2.64. The fourth-order valence-electron chi connectivity index (χ4n) is 1.91. The number of rotatable bonds is 5. The molecule has 0 aliphatic heterocycles. The third-order valence-corrected chi connectivity index (χ3v) is 2.77. The number of hydrogen-bond donors (Lipinski definition) is 3. The molecular weight excluding hydrogens is 190 g/mol. The maximum Gasteiger partial charge on any atom is 0.188 e. The fourth-order valence-corrected chi connectivity index (χ4v) is 1.91. The van der Waals surface area contributed by atoms with E-state index in [-0.39, 0.29) is 6.10 Å². The molecule has 1 rings (SSSR count). The number of nitrogens with one attached hydrogen (secondary N) is 1. The first-order valence-corrected chi connectivity index (χ1v) is 5.93. The first-order chi connectivity index (χ1) is 7.18. The minimum Gasteiger partial charge on any atom is -0.393 e. The van der Waals surface area contributed by atoms with Crippen LogP contribution in [0.15, 0.2) is 4.99 Å². The maximum absolute atomic E-state index is 9.05. The Morgan fingerprint density at radius 3 is 2.80 bits per heavy atom. The van der Waals surface area contributed by atoms with E-state index in [1.807, 2.05) is 0 Å². The van der Waals surface area contributed by atoms with Crippen LogP contribution in [0.2, 0.25) is 0 Å². The third-order valence-electron chi connectivity index (χ3n) is 2.77. The Kier molecular flexibility index (Phi) is 5.47. The second kappa shape index (κ2) is 6.67. The summed E-state index contributed by atoms with van der Waals surface area (Å²) in [5, 5.41) is 12.3. The number of hydrogen-bond acceptors (Lipinski definition) is 2. The van der Waals surface area contributed by atoms with Crippen LogP contribution in [0.3, 0.4) is 0 Å². The van der Waals surface area contributed by atoms with Gasteiger partial charge < -0.3 is 16.2 Å². The highest BCUT2D eigenvalue weighted by Gasteiger charge is 2.14. The van der Waals surface area contributed by atoms with E-state index < -0.39 is 0 Å². The van der Waals surface area contributed by atoms with Crippen molar-refractivity contribution in [1.29, 1.82) is 0 Å². The zero-order valence-corrected chi connectivity index (χ0v) is 9.58. The molecule has 1 aliphatic rings. The summed E-state index contributed by atoms with van der Waals surface area (Å²) in [4.78, 5) is 4.23. The molecule has 1 aliphatic carbocycles. The Labute approximate surface area is 92.0 Å². The van der Waals surface area contributed by atoms with Crippen LogP contribution < -0.4 is 11.1 Å². The summed E-state index contributed by atoms with van der Waals surface area (Å²) in [6.07, 6.45) is 6.47. The summed E-state index contributed by atoms with van der Waals surface area (Å²) >= 11 is 0. The van der Waals surface area contributed by atoms with Gasteiger partial charge in [0.2, 0.25) is 0 Å². The Morgan fingerprint density at radius 1 is 1.53 bits per heavy atom. The monoisotopic (exact) mass is 213 g/mol. The van der Waals surface area contributed by atoms with Crippen LogP contribution in [0.1, 0.15) is 45.4 Å². The second-order valence-corrected chi connectivity index (χ2v) is 4.38. The predicted molar refractivity (Wildman–Crippen MR) is 62.8 cm³/mol. The van der Waals surface area contributed by atoms with Gasteiger partial charge in [-0.05, 0) is 32.6 Å². The number of aliphatic imine (C=N–C) groups is 1. The highest BCUT2D eigenvalue weighted by atomic mass is 16.3. The first-order valence-electron chi connectivity index (χ1n) is 5.93. The molecule has 1 fully saturated rings. The summed E-state index contributed by atoms with van der Waals surface area (Å²) in [5.41, 5.74) is 5.75. The maximum atomic E-state index is 9.05.